The minimum Gasteiger partial charge on any atom is -0.483 e. The van der Waals surface area contributed by atoms with Crippen molar-refractivity contribution in [3.63, 3.8) is 0 Å². The second kappa shape index (κ2) is 13.0. The first-order valence-corrected chi connectivity index (χ1v) is 11.9. The van der Waals surface area contributed by atoms with Crippen LogP contribution >= 0.6 is 23.0 Å². The zero-order chi connectivity index (χ0) is 26.1. The maximum absolute atomic E-state index is 12.7. The Morgan fingerprint density at radius 1 is 1.08 bits per heavy atom. The maximum Gasteiger partial charge on any atom is 0.262 e. The van der Waals surface area contributed by atoms with E-state index in [9.17, 15) is 24.0 Å². The van der Waals surface area contributed by atoms with Gasteiger partial charge < -0.3 is 23.8 Å². The van der Waals surface area contributed by atoms with Crippen LogP contribution in [-0.2, 0) is 28.8 Å². The van der Waals surface area contributed by atoms with Crippen molar-refractivity contribution in [1.29, 1.82) is 0 Å². The summed E-state index contributed by atoms with van der Waals surface area (Å²) in [6.45, 7) is 1.61. The first kappa shape index (κ1) is 27.1. The molecule has 2 aromatic rings. The van der Waals surface area contributed by atoms with Gasteiger partial charge in [-0.2, -0.15) is 0 Å². The topological polar surface area (TPSA) is 152 Å². The summed E-state index contributed by atoms with van der Waals surface area (Å²) in [7, 11) is 0. The molecule has 190 valence electrons. The molecule has 1 atom stereocenters. The van der Waals surface area contributed by atoms with Gasteiger partial charge in [0.25, 0.3) is 11.8 Å². The van der Waals surface area contributed by atoms with Crippen LogP contribution < -0.4 is 26.0 Å². The Morgan fingerprint density at radius 3 is 2.61 bits per heavy atom. The number of halogens is 1. The van der Waals surface area contributed by atoms with Crippen molar-refractivity contribution in [2.45, 2.75) is 32.4 Å². The van der Waals surface area contributed by atoms with Crippen LogP contribution in [0.15, 0.2) is 42.5 Å². The molecule has 1 saturated heterocycles. The molecule has 0 aromatic heterocycles. The van der Waals surface area contributed by atoms with Gasteiger partial charge in [0.1, 0.15) is 41.4 Å². The Balaban J connectivity index is 1.55. The molecule has 0 radical (unpaired) electrons. The molecule has 12 heteroatoms. The van der Waals surface area contributed by atoms with Gasteiger partial charge in [-0.3, -0.25) is 29.3 Å². The van der Waals surface area contributed by atoms with Gasteiger partial charge in [0.05, 0.1) is 0 Å². The van der Waals surface area contributed by atoms with Crippen LogP contribution in [-0.4, -0.2) is 48.8 Å². The van der Waals surface area contributed by atoms with E-state index in [1.165, 1.54) is 0 Å². The summed E-state index contributed by atoms with van der Waals surface area (Å²) in [6.07, 6.45) is 0.380. The number of piperidine rings is 1. The first-order valence-electron chi connectivity index (χ1n) is 11.0. The van der Waals surface area contributed by atoms with Crippen LogP contribution in [0.3, 0.4) is 0 Å². The number of hydrogen-bond acceptors (Lipinski definition) is 7. The predicted molar refractivity (Wildman–Crippen MR) is 137 cm³/mol. The fraction of sp³-hybridized carbons (Fsp3) is 0.292. The summed E-state index contributed by atoms with van der Waals surface area (Å²) in [5.74, 6) is -1.71. The summed E-state index contributed by atoms with van der Waals surface area (Å²) >= 11 is 1.64. The van der Waals surface area contributed by atoms with E-state index in [2.05, 4.69) is 21.3 Å². The molecule has 11 nitrogen and oxygen atoms in total. The summed E-state index contributed by atoms with van der Waals surface area (Å²) in [6, 6.07) is 11.0. The van der Waals surface area contributed by atoms with Gasteiger partial charge in [0.15, 0.2) is 6.61 Å². The highest BCUT2D eigenvalue weighted by Gasteiger charge is 2.28. The zero-order valence-corrected chi connectivity index (χ0v) is 21.5. The normalized spacial score (nSPS) is 15.0. The molecule has 1 aliphatic rings. The molecule has 1 heterocycles. The number of rotatable bonds is 10. The molecular formula is C24H25IN4O7. The number of amides is 5. The quantitative estimate of drug-likeness (QED) is 0.236. The van der Waals surface area contributed by atoms with Gasteiger partial charge in [-0.25, -0.2) is 0 Å². The van der Waals surface area contributed by atoms with Crippen LogP contribution in [0.1, 0.15) is 34.3 Å². The van der Waals surface area contributed by atoms with Crippen LogP contribution in [0.25, 0.3) is 0 Å². The highest BCUT2D eigenvalue weighted by Crippen LogP contribution is 2.22. The minimum atomic E-state index is -0.798. The molecule has 0 saturated carbocycles. The molecule has 36 heavy (non-hydrogen) atoms. The number of carbonyl (C=O) groups is 5. The van der Waals surface area contributed by atoms with Gasteiger partial charge in [-0.05, 0) is 43.2 Å². The number of hydrogen-bond donors (Lipinski definition) is 4. The third-order valence-corrected chi connectivity index (χ3v) is 5.63. The van der Waals surface area contributed by atoms with E-state index in [-0.39, 0.29) is 44.4 Å². The average molecular weight is 608 g/mol. The van der Waals surface area contributed by atoms with E-state index in [1.54, 1.807) is 66.3 Å². The van der Waals surface area contributed by atoms with Crippen LogP contribution in [0.5, 0.6) is 5.75 Å². The second-order valence-electron chi connectivity index (χ2n) is 7.97. The number of imide groups is 1. The summed E-state index contributed by atoms with van der Waals surface area (Å²) in [5.41, 5.74) is 2.12. The van der Waals surface area contributed by atoms with E-state index in [0.717, 1.165) is 5.56 Å². The number of anilines is 1. The van der Waals surface area contributed by atoms with E-state index in [4.69, 9.17) is 7.80 Å². The third-order valence-electron chi connectivity index (χ3n) is 5.32. The molecule has 1 fully saturated rings. The summed E-state index contributed by atoms with van der Waals surface area (Å²) in [5, 5.41) is 10.3. The molecule has 0 spiro atoms. The SMILES string of the molecule is Cc1c(OCC(=O)Nc2cccc(CNC(=O)COI)c2)cccc1C(=O)NC1CCC(=O)NC1=O. The van der Waals surface area contributed by atoms with Crippen LogP contribution in [0.4, 0.5) is 5.69 Å². The third kappa shape index (κ3) is 7.75. The lowest BCUT2D eigenvalue weighted by Gasteiger charge is -2.22. The molecule has 2 aromatic carbocycles. The monoisotopic (exact) mass is 608 g/mol. The molecule has 0 bridgehead atoms. The second-order valence-corrected chi connectivity index (χ2v) is 8.60. The molecule has 4 N–H and O–H groups in total. The Kier molecular flexibility index (Phi) is 9.76. The maximum atomic E-state index is 12.7. The molecule has 3 rings (SSSR count). The Morgan fingerprint density at radius 2 is 1.86 bits per heavy atom. The lowest BCUT2D eigenvalue weighted by Crippen LogP contribution is -2.52. The molecule has 1 aliphatic heterocycles. The predicted octanol–water partition coefficient (Wildman–Crippen LogP) is 1.53. The number of carbonyl (C=O) groups excluding carboxylic acids is 5. The van der Waals surface area contributed by atoms with E-state index in [1.807, 2.05) is 6.07 Å². The van der Waals surface area contributed by atoms with Gasteiger partial charge in [-0.1, -0.05) is 18.2 Å². The average Bonchev–Trinajstić information content (AvgIpc) is 2.84. The molecule has 1 unspecified atom stereocenters. The molecule has 5 amide bonds. The highest BCUT2D eigenvalue weighted by molar-refractivity contribution is 14.1. The Labute approximate surface area is 221 Å². The number of nitrogens with one attached hydrogen (secondary N) is 4. The van der Waals surface area contributed by atoms with Crippen molar-refractivity contribution in [1.82, 2.24) is 16.0 Å². The molecular weight excluding hydrogens is 583 g/mol. The standard InChI is InChI=1S/C24H25IN4O7/c1-14-17(23(33)28-18-8-9-20(30)29-24(18)34)6-3-7-19(14)35-12-22(32)27-16-5-2-4-15(10-16)11-26-21(31)13-36-25/h2-7,10,18H,8-9,11-13H2,1H3,(H,26,31)(H,27,32)(H,28,33)(H,29,30,34). The summed E-state index contributed by atoms with van der Waals surface area (Å²) in [4.78, 5) is 59.9. The van der Waals surface area contributed by atoms with Gasteiger partial charge >= 0.3 is 0 Å². The number of ether oxygens (including phenoxy) is 1. The Hall–Kier alpha value is -3.52. The van der Waals surface area contributed by atoms with E-state index in [0.29, 0.717) is 22.6 Å². The highest BCUT2D eigenvalue weighted by atomic mass is 127. The van der Waals surface area contributed by atoms with Gasteiger partial charge in [-0.15, -0.1) is 0 Å². The smallest absolute Gasteiger partial charge is 0.262 e. The van der Waals surface area contributed by atoms with Crippen LogP contribution in [0.2, 0.25) is 0 Å². The summed E-state index contributed by atoms with van der Waals surface area (Å²) < 4.78 is 10.4. The zero-order valence-electron chi connectivity index (χ0n) is 19.4. The first-order chi connectivity index (χ1) is 17.3. The lowest BCUT2D eigenvalue weighted by atomic mass is 10.0. The number of benzene rings is 2. The Bertz CT molecular complexity index is 1170. The van der Waals surface area contributed by atoms with Gasteiger partial charge in [0.2, 0.25) is 17.7 Å². The van der Waals surface area contributed by atoms with Crippen molar-refractivity contribution in [3.05, 3.63) is 59.2 Å². The molecule has 0 aliphatic carbocycles. The van der Waals surface area contributed by atoms with Crippen molar-refractivity contribution in [3.8, 4) is 5.75 Å². The largest absolute Gasteiger partial charge is 0.483 e. The van der Waals surface area contributed by atoms with Crippen molar-refractivity contribution in [2.75, 3.05) is 18.5 Å². The lowest BCUT2D eigenvalue weighted by molar-refractivity contribution is -0.134. The van der Waals surface area contributed by atoms with E-state index < -0.39 is 23.8 Å². The van der Waals surface area contributed by atoms with Crippen LogP contribution in [0, 0.1) is 6.92 Å². The van der Waals surface area contributed by atoms with Gasteiger partial charge in [0, 0.05) is 29.8 Å². The van der Waals surface area contributed by atoms with Crippen molar-refractivity contribution >= 4 is 58.2 Å². The van der Waals surface area contributed by atoms with E-state index >= 15 is 0 Å². The minimum absolute atomic E-state index is 0.0481. The van der Waals surface area contributed by atoms with Crippen molar-refractivity contribution < 1.29 is 31.8 Å². The fourth-order valence-electron chi connectivity index (χ4n) is 3.48. The fourth-order valence-corrected chi connectivity index (χ4v) is 3.77. The van der Waals surface area contributed by atoms with Crippen molar-refractivity contribution in [2.24, 2.45) is 0 Å².